The van der Waals surface area contributed by atoms with Gasteiger partial charge in [0.15, 0.2) is 17.9 Å². The zero-order valence-corrected chi connectivity index (χ0v) is 6.53. The van der Waals surface area contributed by atoms with Crippen LogP contribution in [0.5, 0.6) is 0 Å². The molecule has 76 valence electrons. The maximum Gasteiger partial charge on any atom is 0.419 e. The molecule has 0 spiro atoms. The molecule has 1 rings (SSSR count). The number of carbonyl (C=O) groups is 1. The van der Waals surface area contributed by atoms with Crippen molar-refractivity contribution in [1.82, 2.24) is 0 Å². The second kappa shape index (κ2) is 3.36. The van der Waals surface area contributed by atoms with Gasteiger partial charge in [0, 0.05) is 0 Å². The van der Waals surface area contributed by atoms with Crippen molar-refractivity contribution in [2.45, 2.75) is 6.18 Å². The van der Waals surface area contributed by atoms with Gasteiger partial charge in [-0.05, 0) is 12.1 Å². The maximum absolute atomic E-state index is 12.7. The van der Waals surface area contributed by atoms with Crippen LogP contribution in [0.3, 0.4) is 0 Å². The zero-order valence-electron chi connectivity index (χ0n) is 6.53. The van der Waals surface area contributed by atoms with Crippen molar-refractivity contribution < 1.29 is 26.7 Å². The van der Waals surface area contributed by atoms with Crippen molar-refractivity contribution in [2.75, 3.05) is 0 Å². The van der Waals surface area contributed by atoms with Crippen LogP contribution in [0.15, 0.2) is 12.1 Å². The first-order valence-electron chi connectivity index (χ1n) is 3.38. The van der Waals surface area contributed by atoms with Crippen LogP contribution in [0.4, 0.5) is 22.0 Å². The first-order valence-corrected chi connectivity index (χ1v) is 3.38. The lowest BCUT2D eigenvalue weighted by atomic mass is 10.1. The Morgan fingerprint density at radius 1 is 1.07 bits per heavy atom. The second-order valence-electron chi connectivity index (χ2n) is 2.45. The fraction of sp³-hybridized carbons (Fsp3) is 0.125. The van der Waals surface area contributed by atoms with E-state index in [4.69, 9.17) is 0 Å². The number of rotatable bonds is 1. The Hall–Kier alpha value is -1.46. The highest BCUT2D eigenvalue weighted by Crippen LogP contribution is 2.32. The molecule has 1 aromatic rings. The molecule has 0 unspecified atom stereocenters. The number of carbonyl (C=O) groups excluding carboxylic acids is 1. The van der Waals surface area contributed by atoms with E-state index in [1.165, 1.54) is 0 Å². The Labute approximate surface area is 75.2 Å². The van der Waals surface area contributed by atoms with Gasteiger partial charge in [0.25, 0.3) is 0 Å². The fourth-order valence-electron chi connectivity index (χ4n) is 0.874. The third-order valence-electron chi connectivity index (χ3n) is 1.54. The molecule has 0 aliphatic carbocycles. The van der Waals surface area contributed by atoms with Crippen LogP contribution in [0, 0.1) is 11.6 Å². The van der Waals surface area contributed by atoms with Crippen LogP contribution in [-0.2, 0) is 6.18 Å². The summed E-state index contributed by atoms with van der Waals surface area (Å²) in [5.41, 5.74) is -2.46. The molecule has 0 heterocycles. The second-order valence-corrected chi connectivity index (χ2v) is 2.45. The van der Waals surface area contributed by atoms with Crippen molar-refractivity contribution in [3.05, 3.63) is 34.9 Å². The molecule has 14 heavy (non-hydrogen) atoms. The van der Waals surface area contributed by atoms with Gasteiger partial charge >= 0.3 is 6.18 Å². The molecule has 1 aromatic carbocycles. The summed E-state index contributed by atoms with van der Waals surface area (Å²) >= 11 is 0. The van der Waals surface area contributed by atoms with Gasteiger partial charge in [0.1, 0.15) is 0 Å². The highest BCUT2D eigenvalue weighted by molar-refractivity contribution is 5.75. The summed E-state index contributed by atoms with van der Waals surface area (Å²) in [6.07, 6.45) is -5.02. The molecule has 0 aromatic heterocycles. The Morgan fingerprint density at radius 3 is 2.07 bits per heavy atom. The first-order chi connectivity index (χ1) is 6.38. The van der Waals surface area contributed by atoms with E-state index in [1.54, 1.807) is 0 Å². The van der Waals surface area contributed by atoms with Gasteiger partial charge < -0.3 is 0 Å². The third-order valence-corrected chi connectivity index (χ3v) is 1.54. The van der Waals surface area contributed by atoms with Gasteiger partial charge in [-0.15, -0.1) is 0 Å². The van der Waals surface area contributed by atoms with Crippen molar-refractivity contribution >= 4 is 6.29 Å². The van der Waals surface area contributed by atoms with Gasteiger partial charge in [-0.1, -0.05) is 0 Å². The highest BCUT2D eigenvalue weighted by atomic mass is 19.4. The standard InChI is InChI=1S/C8H3F5O/c9-6-4(3-14)1-2-5(7(6)10)8(11,12)13/h1-3H. The smallest absolute Gasteiger partial charge is 0.298 e. The van der Waals surface area contributed by atoms with Crippen molar-refractivity contribution in [1.29, 1.82) is 0 Å². The van der Waals surface area contributed by atoms with Gasteiger partial charge in [-0.3, -0.25) is 4.79 Å². The van der Waals surface area contributed by atoms with Crippen LogP contribution >= 0.6 is 0 Å². The number of hydrogen-bond donors (Lipinski definition) is 0. The lowest BCUT2D eigenvalue weighted by molar-refractivity contribution is -0.140. The van der Waals surface area contributed by atoms with Crippen molar-refractivity contribution in [3.8, 4) is 0 Å². The molecule has 0 amide bonds. The van der Waals surface area contributed by atoms with Crippen molar-refractivity contribution in [3.63, 3.8) is 0 Å². The molecular weight excluding hydrogens is 207 g/mol. The molecule has 0 saturated heterocycles. The van der Waals surface area contributed by atoms with E-state index in [2.05, 4.69) is 0 Å². The number of hydrogen-bond acceptors (Lipinski definition) is 1. The van der Waals surface area contributed by atoms with Gasteiger partial charge in [0.2, 0.25) is 0 Å². The molecule has 0 fully saturated rings. The minimum absolute atomic E-state index is 0.0570. The van der Waals surface area contributed by atoms with Crippen LogP contribution in [0.1, 0.15) is 15.9 Å². The van der Waals surface area contributed by atoms with Gasteiger partial charge in [-0.2, -0.15) is 13.2 Å². The first kappa shape index (κ1) is 10.6. The molecule has 6 heteroatoms. The van der Waals surface area contributed by atoms with Crippen LogP contribution in [0.25, 0.3) is 0 Å². The number of alkyl halides is 3. The molecule has 1 nitrogen and oxygen atoms in total. The van der Waals surface area contributed by atoms with E-state index < -0.39 is 28.9 Å². The highest BCUT2D eigenvalue weighted by Gasteiger charge is 2.35. The topological polar surface area (TPSA) is 17.1 Å². The quantitative estimate of drug-likeness (QED) is 0.514. The predicted molar refractivity (Wildman–Crippen MR) is 36.7 cm³/mol. The lowest BCUT2D eigenvalue weighted by Gasteiger charge is -2.08. The monoisotopic (exact) mass is 210 g/mol. The summed E-state index contributed by atoms with van der Waals surface area (Å²) in [6, 6.07) is 0.899. The van der Waals surface area contributed by atoms with E-state index in [0.29, 0.717) is 12.1 Å². The van der Waals surface area contributed by atoms with E-state index in [9.17, 15) is 26.7 Å². The predicted octanol–water partition coefficient (Wildman–Crippen LogP) is 2.80. The molecule has 0 radical (unpaired) electrons. The van der Waals surface area contributed by atoms with Crippen LogP contribution < -0.4 is 0 Å². The molecule has 0 saturated carbocycles. The Morgan fingerprint density at radius 2 is 1.64 bits per heavy atom. The molecule has 0 bridgehead atoms. The van der Waals surface area contributed by atoms with Crippen LogP contribution in [-0.4, -0.2) is 6.29 Å². The minimum atomic E-state index is -4.97. The van der Waals surface area contributed by atoms with Crippen LogP contribution in [0.2, 0.25) is 0 Å². The Kier molecular flexibility index (Phi) is 2.55. The fourth-order valence-corrected chi connectivity index (χ4v) is 0.874. The summed E-state index contributed by atoms with van der Waals surface area (Å²) in [7, 11) is 0. The van der Waals surface area contributed by atoms with E-state index in [-0.39, 0.29) is 6.29 Å². The maximum atomic E-state index is 12.7. The summed E-state index contributed by atoms with van der Waals surface area (Å²) < 4.78 is 61.3. The van der Waals surface area contributed by atoms with E-state index in [0.717, 1.165) is 0 Å². The van der Waals surface area contributed by atoms with E-state index in [1.807, 2.05) is 0 Å². The average molecular weight is 210 g/mol. The summed E-state index contributed by atoms with van der Waals surface area (Å²) in [6.45, 7) is 0. The molecule has 0 N–H and O–H groups in total. The molecule has 0 aliphatic rings. The Balaban J connectivity index is 3.38. The summed E-state index contributed by atoms with van der Waals surface area (Å²) in [5, 5.41) is 0. The third kappa shape index (κ3) is 1.73. The minimum Gasteiger partial charge on any atom is -0.298 e. The Bertz CT molecular complexity index is 369. The SMILES string of the molecule is O=Cc1ccc(C(F)(F)F)c(F)c1F. The molecular formula is C8H3F5O. The largest absolute Gasteiger partial charge is 0.419 e. The number of halogens is 5. The summed E-state index contributed by atoms with van der Waals surface area (Å²) in [5.74, 6) is -3.84. The lowest BCUT2D eigenvalue weighted by Crippen LogP contribution is -2.10. The summed E-state index contributed by atoms with van der Waals surface area (Å²) in [4.78, 5) is 10.1. The average Bonchev–Trinajstić information content (AvgIpc) is 2.07. The van der Waals surface area contributed by atoms with Gasteiger partial charge in [0.05, 0.1) is 11.1 Å². The normalized spacial score (nSPS) is 11.5. The van der Waals surface area contributed by atoms with Gasteiger partial charge in [-0.25, -0.2) is 8.78 Å². The van der Waals surface area contributed by atoms with E-state index >= 15 is 0 Å². The van der Waals surface area contributed by atoms with Crippen molar-refractivity contribution in [2.24, 2.45) is 0 Å². The number of aldehydes is 1. The number of benzene rings is 1. The zero-order chi connectivity index (χ0) is 10.9. The molecule has 0 aliphatic heterocycles. The molecule has 0 atom stereocenters.